The minimum atomic E-state index is -0.856. The second-order valence-corrected chi connectivity index (χ2v) is 4.06. The van der Waals surface area contributed by atoms with E-state index in [1.807, 2.05) is 0 Å². The predicted octanol–water partition coefficient (Wildman–Crippen LogP) is 2.02. The van der Waals surface area contributed by atoms with Gasteiger partial charge in [0, 0.05) is 5.56 Å². The highest BCUT2D eigenvalue weighted by molar-refractivity contribution is 6.14. The number of aromatic hydroxyl groups is 1. The van der Waals surface area contributed by atoms with Gasteiger partial charge in [0.25, 0.3) is 0 Å². The molecule has 1 atom stereocenters. The molecule has 0 amide bonds. The van der Waals surface area contributed by atoms with E-state index in [2.05, 4.69) is 0 Å². The molecule has 3 nitrogen and oxygen atoms in total. The van der Waals surface area contributed by atoms with Crippen LogP contribution in [0.2, 0.25) is 0 Å². The lowest BCUT2D eigenvalue weighted by Gasteiger charge is -2.23. The molecule has 0 bridgehead atoms. The molecule has 3 heteroatoms. The topological polar surface area (TPSA) is 57.5 Å². The fourth-order valence-electron chi connectivity index (χ4n) is 2.28. The average Bonchev–Trinajstić information content (AvgIpc) is 2.36. The molecule has 1 aliphatic carbocycles. The van der Waals surface area contributed by atoms with Gasteiger partial charge in [-0.25, -0.2) is 0 Å². The Bertz CT molecular complexity index is 617. The second kappa shape index (κ2) is 3.43. The smallest absolute Gasteiger partial charge is 0.197 e. The third kappa shape index (κ3) is 1.29. The molecule has 17 heavy (non-hydrogen) atoms. The summed E-state index contributed by atoms with van der Waals surface area (Å²) in [7, 11) is 0. The maximum atomic E-state index is 12.2. The molecule has 0 fully saturated rings. The van der Waals surface area contributed by atoms with Crippen LogP contribution in [0.1, 0.15) is 33.2 Å². The lowest BCUT2D eigenvalue weighted by Crippen LogP contribution is -2.19. The van der Waals surface area contributed by atoms with Crippen molar-refractivity contribution in [3.8, 4) is 5.75 Å². The summed E-state index contributed by atoms with van der Waals surface area (Å²) in [6.07, 6.45) is -0.856. The molecule has 0 heterocycles. The Morgan fingerprint density at radius 3 is 2.47 bits per heavy atom. The third-order valence-corrected chi connectivity index (χ3v) is 3.10. The third-order valence-electron chi connectivity index (χ3n) is 3.10. The molecular weight excluding hydrogens is 216 g/mol. The number of carbonyl (C=O) groups is 1. The number of aliphatic hydroxyl groups excluding tert-OH is 1. The van der Waals surface area contributed by atoms with Gasteiger partial charge in [-0.05, 0) is 17.2 Å². The SMILES string of the molecule is O=C1c2ccccc2C(O)c2cccc(O)c21. The number of fused-ring (bicyclic) bond motifs is 2. The Morgan fingerprint density at radius 2 is 1.65 bits per heavy atom. The minimum absolute atomic E-state index is 0.0824. The van der Waals surface area contributed by atoms with Crippen LogP contribution in [-0.2, 0) is 0 Å². The molecule has 1 aliphatic rings. The zero-order valence-electron chi connectivity index (χ0n) is 8.92. The van der Waals surface area contributed by atoms with Gasteiger partial charge in [0.2, 0.25) is 0 Å². The molecule has 2 N–H and O–H groups in total. The van der Waals surface area contributed by atoms with E-state index in [9.17, 15) is 15.0 Å². The van der Waals surface area contributed by atoms with E-state index in [4.69, 9.17) is 0 Å². The Morgan fingerprint density at radius 1 is 0.941 bits per heavy atom. The van der Waals surface area contributed by atoms with Gasteiger partial charge in [0.1, 0.15) is 11.9 Å². The monoisotopic (exact) mass is 226 g/mol. The molecule has 1 unspecified atom stereocenters. The largest absolute Gasteiger partial charge is 0.507 e. The molecule has 0 saturated heterocycles. The van der Waals surface area contributed by atoms with Crippen LogP contribution in [-0.4, -0.2) is 16.0 Å². The Hall–Kier alpha value is -2.13. The average molecular weight is 226 g/mol. The summed E-state index contributed by atoms with van der Waals surface area (Å²) in [4.78, 5) is 12.2. The number of rotatable bonds is 0. The Balaban J connectivity index is 2.33. The number of phenols is 1. The lowest BCUT2D eigenvalue weighted by molar-refractivity contribution is 0.101. The van der Waals surface area contributed by atoms with E-state index in [-0.39, 0.29) is 17.1 Å². The van der Waals surface area contributed by atoms with Crippen molar-refractivity contribution in [1.29, 1.82) is 0 Å². The fraction of sp³-hybridized carbons (Fsp3) is 0.0714. The molecule has 84 valence electrons. The molecule has 0 saturated carbocycles. The number of phenolic OH excluding ortho intramolecular Hbond substituents is 1. The molecule has 0 aromatic heterocycles. The predicted molar refractivity (Wildman–Crippen MR) is 62.0 cm³/mol. The highest BCUT2D eigenvalue weighted by Gasteiger charge is 2.31. The zero-order chi connectivity index (χ0) is 12.0. The van der Waals surface area contributed by atoms with Crippen LogP contribution in [0.15, 0.2) is 42.5 Å². The van der Waals surface area contributed by atoms with Crippen LogP contribution < -0.4 is 0 Å². The quantitative estimate of drug-likeness (QED) is 0.722. The van der Waals surface area contributed by atoms with Gasteiger partial charge < -0.3 is 10.2 Å². The first-order chi connectivity index (χ1) is 8.20. The molecule has 0 radical (unpaired) electrons. The zero-order valence-corrected chi connectivity index (χ0v) is 8.92. The summed E-state index contributed by atoms with van der Waals surface area (Å²) in [6.45, 7) is 0. The fourth-order valence-corrected chi connectivity index (χ4v) is 2.28. The van der Waals surface area contributed by atoms with Crippen LogP contribution >= 0.6 is 0 Å². The molecule has 0 spiro atoms. The summed E-state index contributed by atoms with van der Waals surface area (Å²) < 4.78 is 0. The maximum absolute atomic E-state index is 12.2. The first kappa shape index (κ1) is 10.1. The number of carbonyl (C=O) groups excluding carboxylic acids is 1. The maximum Gasteiger partial charge on any atom is 0.197 e. The molecule has 0 aliphatic heterocycles. The van der Waals surface area contributed by atoms with E-state index in [1.54, 1.807) is 36.4 Å². The number of aliphatic hydroxyl groups is 1. The van der Waals surface area contributed by atoms with E-state index < -0.39 is 6.10 Å². The van der Waals surface area contributed by atoms with Crippen molar-refractivity contribution in [3.63, 3.8) is 0 Å². The molecular formula is C14H10O3. The first-order valence-corrected chi connectivity index (χ1v) is 5.33. The van der Waals surface area contributed by atoms with Crippen molar-refractivity contribution in [2.24, 2.45) is 0 Å². The first-order valence-electron chi connectivity index (χ1n) is 5.33. The van der Waals surface area contributed by atoms with Gasteiger partial charge in [-0.15, -0.1) is 0 Å². The van der Waals surface area contributed by atoms with Crippen LogP contribution in [0.5, 0.6) is 5.75 Å². The van der Waals surface area contributed by atoms with E-state index in [1.165, 1.54) is 6.07 Å². The van der Waals surface area contributed by atoms with Crippen molar-refractivity contribution < 1.29 is 15.0 Å². The minimum Gasteiger partial charge on any atom is -0.507 e. The number of hydrogen-bond donors (Lipinski definition) is 2. The summed E-state index contributed by atoms with van der Waals surface area (Å²) in [6, 6.07) is 11.7. The van der Waals surface area contributed by atoms with Crippen molar-refractivity contribution in [1.82, 2.24) is 0 Å². The Kier molecular flexibility index (Phi) is 2.03. The van der Waals surface area contributed by atoms with Crippen LogP contribution in [0.3, 0.4) is 0 Å². The van der Waals surface area contributed by atoms with Gasteiger partial charge in [0.15, 0.2) is 5.78 Å². The lowest BCUT2D eigenvalue weighted by atomic mass is 9.83. The van der Waals surface area contributed by atoms with Crippen molar-refractivity contribution in [3.05, 3.63) is 64.7 Å². The van der Waals surface area contributed by atoms with E-state index in [0.29, 0.717) is 16.7 Å². The summed E-state index contributed by atoms with van der Waals surface area (Å²) >= 11 is 0. The number of hydrogen-bond acceptors (Lipinski definition) is 3. The van der Waals surface area contributed by atoms with Crippen LogP contribution in [0.25, 0.3) is 0 Å². The summed E-state index contributed by atoms with van der Waals surface area (Å²) in [5.41, 5.74) is 1.72. The standard InChI is InChI=1S/C14H10O3/c15-11-7-3-6-10-12(11)14(17)9-5-2-1-4-8(9)13(10)16/h1-7,13,15-16H. The van der Waals surface area contributed by atoms with E-state index >= 15 is 0 Å². The van der Waals surface area contributed by atoms with Gasteiger partial charge in [-0.1, -0.05) is 36.4 Å². The van der Waals surface area contributed by atoms with Gasteiger partial charge in [-0.3, -0.25) is 4.79 Å². The van der Waals surface area contributed by atoms with Crippen molar-refractivity contribution >= 4 is 5.78 Å². The van der Waals surface area contributed by atoms with Gasteiger partial charge in [-0.2, -0.15) is 0 Å². The highest BCUT2D eigenvalue weighted by atomic mass is 16.3. The van der Waals surface area contributed by atoms with Gasteiger partial charge in [0.05, 0.1) is 5.56 Å². The summed E-state index contributed by atoms with van der Waals surface area (Å²) in [5, 5.41) is 19.9. The van der Waals surface area contributed by atoms with Gasteiger partial charge >= 0.3 is 0 Å². The molecule has 3 rings (SSSR count). The van der Waals surface area contributed by atoms with Crippen LogP contribution in [0.4, 0.5) is 0 Å². The molecule has 2 aromatic carbocycles. The summed E-state index contributed by atoms with van der Waals surface area (Å²) in [5.74, 6) is -0.319. The highest BCUT2D eigenvalue weighted by Crippen LogP contribution is 2.38. The normalized spacial score (nSPS) is 17.5. The van der Waals surface area contributed by atoms with Crippen molar-refractivity contribution in [2.75, 3.05) is 0 Å². The number of benzene rings is 2. The second-order valence-electron chi connectivity index (χ2n) is 4.06. The molecule has 2 aromatic rings. The Labute approximate surface area is 98.0 Å². The van der Waals surface area contributed by atoms with E-state index in [0.717, 1.165) is 0 Å². The van der Waals surface area contributed by atoms with Crippen LogP contribution in [0, 0.1) is 0 Å². The van der Waals surface area contributed by atoms with Crippen molar-refractivity contribution in [2.45, 2.75) is 6.10 Å². The number of ketones is 1.